The maximum atomic E-state index is 4.58. The summed E-state index contributed by atoms with van der Waals surface area (Å²) in [6.45, 7) is 8.69. The fourth-order valence-corrected chi connectivity index (χ4v) is 2.21. The number of hydrogen-bond donors (Lipinski definition) is 2. The summed E-state index contributed by atoms with van der Waals surface area (Å²) in [4.78, 5) is 8.89. The van der Waals surface area contributed by atoms with Gasteiger partial charge in [0.2, 0.25) is 0 Å². The van der Waals surface area contributed by atoms with Crippen molar-refractivity contribution in [2.24, 2.45) is 4.99 Å². The van der Waals surface area contributed by atoms with Crippen molar-refractivity contribution in [3.05, 3.63) is 54.9 Å². The molecule has 2 rings (SSSR count). The minimum absolute atomic E-state index is 0. The molecular formula is C17H26IN7. The van der Waals surface area contributed by atoms with Crippen LogP contribution in [0.25, 0.3) is 0 Å². The highest BCUT2D eigenvalue weighted by Gasteiger charge is 2.02. The molecule has 0 aliphatic rings. The van der Waals surface area contributed by atoms with Gasteiger partial charge in [0.05, 0.1) is 0 Å². The van der Waals surface area contributed by atoms with Crippen LogP contribution >= 0.6 is 24.0 Å². The molecule has 0 spiro atoms. The third-order valence-corrected chi connectivity index (χ3v) is 3.43. The van der Waals surface area contributed by atoms with Gasteiger partial charge in [-0.05, 0) is 12.1 Å². The molecule has 0 aromatic carbocycles. The van der Waals surface area contributed by atoms with Gasteiger partial charge in [0.1, 0.15) is 12.2 Å². The summed E-state index contributed by atoms with van der Waals surface area (Å²) in [5.74, 6) is 1.77. The third-order valence-electron chi connectivity index (χ3n) is 3.43. The summed E-state index contributed by atoms with van der Waals surface area (Å²) in [5, 5.41) is 14.6. The van der Waals surface area contributed by atoms with Crippen molar-refractivity contribution in [1.29, 1.82) is 0 Å². The Bertz CT molecular complexity index is 639. The molecular weight excluding hydrogens is 429 g/mol. The molecule has 25 heavy (non-hydrogen) atoms. The van der Waals surface area contributed by atoms with Gasteiger partial charge in [0.25, 0.3) is 0 Å². The Labute approximate surface area is 166 Å². The van der Waals surface area contributed by atoms with Crippen LogP contribution in [0, 0.1) is 0 Å². The maximum absolute atomic E-state index is 4.58. The van der Waals surface area contributed by atoms with Crippen LogP contribution in [-0.2, 0) is 19.4 Å². The smallest absolute Gasteiger partial charge is 0.191 e. The van der Waals surface area contributed by atoms with E-state index in [1.54, 1.807) is 12.5 Å². The molecule has 136 valence electrons. The van der Waals surface area contributed by atoms with Crippen molar-refractivity contribution in [2.45, 2.75) is 26.3 Å². The number of aliphatic imine (C=N–C) groups is 1. The third kappa shape index (κ3) is 7.63. The SMILES string of the molecule is C=CCNC(=NCCc1ccccn1)NCCn1cnnc1CC.I. The summed E-state index contributed by atoms with van der Waals surface area (Å²) >= 11 is 0. The monoisotopic (exact) mass is 455 g/mol. The number of hydrogen-bond acceptors (Lipinski definition) is 4. The number of halogens is 1. The topological polar surface area (TPSA) is 80.0 Å². The largest absolute Gasteiger partial charge is 0.355 e. The molecule has 0 amide bonds. The van der Waals surface area contributed by atoms with Gasteiger partial charge in [0.15, 0.2) is 5.96 Å². The molecule has 2 aromatic heterocycles. The van der Waals surface area contributed by atoms with E-state index in [1.165, 1.54) is 0 Å². The van der Waals surface area contributed by atoms with Gasteiger partial charge >= 0.3 is 0 Å². The van der Waals surface area contributed by atoms with Crippen molar-refractivity contribution in [1.82, 2.24) is 30.4 Å². The van der Waals surface area contributed by atoms with Crippen molar-refractivity contribution >= 4 is 29.9 Å². The van der Waals surface area contributed by atoms with Crippen LogP contribution in [0.3, 0.4) is 0 Å². The van der Waals surface area contributed by atoms with Crippen LogP contribution in [0.2, 0.25) is 0 Å². The number of guanidine groups is 1. The van der Waals surface area contributed by atoms with Gasteiger partial charge in [0, 0.05) is 50.9 Å². The fourth-order valence-electron chi connectivity index (χ4n) is 2.21. The Hall–Kier alpha value is -1.97. The van der Waals surface area contributed by atoms with Crippen molar-refractivity contribution in [3.8, 4) is 0 Å². The normalized spacial score (nSPS) is 10.8. The summed E-state index contributed by atoms with van der Waals surface area (Å²) in [6, 6.07) is 5.92. The fraction of sp³-hybridized carbons (Fsp3) is 0.412. The second-order valence-electron chi connectivity index (χ2n) is 5.19. The zero-order valence-corrected chi connectivity index (χ0v) is 16.9. The lowest BCUT2D eigenvalue weighted by Crippen LogP contribution is -2.39. The standard InChI is InChI=1S/C17H25N7.HI/c1-3-9-19-17(20-11-8-15-7-5-6-10-18-15)21-12-13-24-14-22-23-16(24)4-2;/h3,5-7,10,14H,1,4,8-9,11-13H2,2H3,(H2,19,20,21);1H. The summed E-state index contributed by atoms with van der Waals surface area (Å²) in [5.41, 5.74) is 1.04. The minimum atomic E-state index is 0. The molecule has 7 nitrogen and oxygen atoms in total. The predicted molar refractivity (Wildman–Crippen MR) is 111 cm³/mol. The molecule has 0 fully saturated rings. The van der Waals surface area contributed by atoms with Gasteiger partial charge in [-0.3, -0.25) is 9.98 Å². The van der Waals surface area contributed by atoms with E-state index in [2.05, 4.69) is 44.3 Å². The van der Waals surface area contributed by atoms with Gasteiger partial charge < -0.3 is 15.2 Å². The van der Waals surface area contributed by atoms with E-state index in [4.69, 9.17) is 0 Å². The lowest BCUT2D eigenvalue weighted by Gasteiger charge is -2.12. The zero-order valence-electron chi connectivity index (χ0n) is 14.6. The van der Waals surface area contributed by atoms with Crippen LogP contribution in [-0.4, -0.2) is 45.3 Å². The first kappa shape index (κ1) is 21.1. The number of aromatic nitrogens is 4. The Morgan fingerprint density at radius 1 is 1.36 bits per heavy atom. The van der Waals surface area contributed by atoms with E-state index >= 15 is 0 Å². The first-order valence-electron chi connectivity index (χ1n) is 8.23. The van der Waals surface area contributed by atoms with E-state index in [-0.39, 0.29) is 24.0 Å². The number of nitrogens with one attached hydrogen (secondary N) is 2. The van der Waals surface area contributed by atoms with E-state index in [1.807, 2.05) is 28.8 Å². The highest BCUT2D eigenvalue weighted by molar-refractivity contribution is 14.0. The molecule has 0 saturated heterocycles. The highest BCUT2D eigenvalue weighted by atomic mass is 127. The quantitative estimate of drug-likeness (QED) is 0.261. The van der Waals surface area contributed by atoms with Gasteiger partial charge in [-0.15, -0.1) is 40.8 Å². The van der Waals surface area contributed by atoms with E-state index in [0.29, 0.717) is 13.1 Å². The Morgan fingerprint density at radius 2 is 2.24 bits per heavy atom. The Balaban J connectivity index is 0.00000312. The van der Waals surface area contributed by atoms with Crippen molar-refractivity contribution in [2.75, 3.05) is 19.6 Å². The van der Waals surface area contributed by atoms with Gasteiger partial charge in [-0.2, -0.15) is 0 Å². The summed E-state index contributed by atoms with van der Waals surface area (Å²) in [6.07, 6.45) is 7.06. The molecule has 0 radical (unpaired) electrons. The summed E-state index contributed by atoms with van der Waals surface area (Å²) in [7, 11) is 0. The summed E-state index contributed by atoms with van der Waals surface area (Å²) < 4.78 is 2.05. The highest BCUT2D eigenvalue weighted by Crippen LogP contribution is 1.96. The number of aryl methyl sites for hydroxylation is 1. The molecule has 2 aromatic rings. The second-order valence-corrected chi connectivity index (χ2v) is 5.19. The van der Waals surface area contributed by atoms with Crippen LogP contribution in [0.1, 0.15) is 18.4 Å². The Morgan fingerprint density at radius 3 is 2.96 bits per heavy atom. The molecule has 0 unspecified atom stereocenters. The molecule has 2 heterocycles. The molecule has 8 heteroatoms. The zero-order chi connectivity index (χ0) is 17.0. The van der Waals surface area contributed by atoms with Crippen molar-refractivity contribution in [3.63, 3.8) is 0 Å². The number of rotatable bonds is 9. The molecule has 0 bridgehead atoms. The number of nitrogens with zero attached hydrogens (tertiary/aromatic N) is 5. The van der Waals surface area contributed by atoms with Gasteiger partial charge in [-0.25, -0.2) is 0 Å². The van der Waals surface area contributed by atoms with Crippen LogP contribution in [0.4, 0.5) is 0 Å². The van der Waals surface area contributed by atoms with E-state index in [9.17, 15) is 0 Å². The van der Waals surface area contributed by atoms with E-state index < -0.39 is 0 Å². The molecule has 2 N–H and O–H groups in total. The lowest BCUT2D eigenvalue weighted by atomic mass is 10.3. The minimum Gasteiger partial charge on any atom is -0.355 e. The van der Waals surface area contributed by atoms with E-state index in [0.717, 1.165) is 43.4 Å². The lowest BCUT2D eigenvalue weighted by molar-refractivity contribution is 0.633. The average molecular weight is 455 g/mol. The molecule has 0 saturated carbocycles. The van der Waals surface area contributed by atoms with Crippen LogP contribution < -0.4 is 10.6 Å². The Kier molecular flexibility index (Phi) is 10.5. The van der Waals surface area contributed by atoms with Gasteiger partial charge in [-0.1, -0.05) is 19.1 Å². The molecule has 0 atom stereocenters. The molecule has 0 aliphatic carbocycles. The van der Waals surface area contributed by atoms with Crippen LogP contribution in [0.15, 0.2) is 48.4 Å². The predicted octanol–water partition coefficient (Wildman–Crippen LogP) is 1.82. The maximum Gasteiger partial charge on any atom is 0.191 e. The first-order chi connectivity index (χ1) is 11.8. The first-order valence-corrected chi connectivity index (χ1v) is 8.23. The number of pyridine rings is 1. The molecule has 0 aliphatic heterocycles. The second kappa shape index (κ2) is 12.4. The van der Waals surface area contributed by atoms with Crippen LogP contribution in [0.5, 0.6) is 0 Å². The average Bonchev–Trinajstić information content (AvgIpc) is 3.07. The van der Waals surface area contributed by atoms with Crippen molar-refractivity contribution < 1.29 is 0 Å².